The lowest BCUT2D eigenvalue weighted by atomic mass is 10.1. The average molecular weight is 349 g/mol. The number of amides is 1. The molecule has 2 N–H and O–H groups in total. The molecular weight excluding hydrogens is 330 g/mol. The van der Waals surface area contributed by atoms with E-state index in [1.54, 1.807) is 37.6 Å². The summed E-state index contributed by atoms with van der Waals surface area (Å²) in [4.78, 5) is 39.4. The fourth-order valence-corrected chi connectivity index (χ4v) is 2.52. The van der Waals surface area contributed by atoms with E-state index in [9.17, 15) is 9.59 Å². The summed E-state index contributed by atoms with van der Waals surface area (Å²) in [6.45, 7) is 1.80. The molecule has 26 heavy (non-hydrogen) atoms. The Bertz CT molecular complexity index is 925. The number of aromatic amines is 1. The minimum Gasteiger partial charge on any atom is -0.348 e. The van der Waals surface area contributed by atoms with Gasteiger partial charge < -0.3 is 10.3 Å². The van der Waals surface area contributed by atoms with Crippen molar-refractivity contribution < 1.29 is 4.79 Å². The molecule has 0 aliphatic rings. The van der Waals surface area contributed by atoms with Crippen molar-refractivity contribution in [2.75, 3.05) is 0 Å². The molecule has 7 heteroatoms. The number of aryl methyl sites for hydroxylation is 1. The van der Waals surface area contributed by atoms with E-state index in [1.807, 2.05) is 18.2 Å². The van der Waals surface area contributed by atoms with Gasteiger partial charge in [0.25, 0.3) is 5.56 Å². The molecule has 1 atom stereocenters. The Morgan fingerprint density at radius 1 is 1.19 bits per heavy atom. The quantitative estimate of drug-likeness (QED) is 0.709. The van der Waals surface area contributed by atoms with E-state index in [0.717, 1.165) is 5.56 Å². The number of hydrogen-bond donors (Lipinski definition) is 2. The Kier molecular flexibility index (Phi) is 5.48. The molecule has 3 aromatic heterocycles. The van der Waals surface area contributed by atoms with Crippen molar-refractivity contribution in [3.63, 3.8) is 0 Å². The molecule has 3 rings (SSSR count). The third-order valence-electron chi connectivity index (χ3n) is 3.88. The number of carbonyl (C=O) groups is 1. The minimum atomic E-state index is -0.385. The van der Waals surface area contributed by atoms with Crippen LogP contribution < -0.4 is 10.9 Å². The van der Waals surface area contributed by atoms with Crippen molar-refractivity contribution >= 4 is 5.91 Å². The highest BCUT2D eigenvalue weighted by Crippen LogP contribution is 2.13. The molecule has 0 unspecified atom stereocenters. The minimum absolute atomic E-state index is 0.101. The summed E-state index contributed by atoms with van der Waals surface area (Å²) < 4.78 is 0. The van der Waals surface area contributed by atoms with Gasteiger partial charge in [0.05, 0.1) is 11.7 Å². The van der Waals surface area contributed by atoms with Crippen LogP contribution in [0.1, 0.15) is 30.6 Å². The van der Waals surface area contributed by atoms with Gasteiger partial charge in [-0.1, -0.05) is 6.07 Å². The van der Waals surface area contributed by atoms with E-state index in [1.165, 1.54) is 6.07 Å². The van der Waals surface area contributed by atoms with Crippen LogP contribution in [0.2, 0.25) is 0 Å². The number of aromatic nitrogens is 4. The van der Waals surface area contributed by atoms with E-state index in [2.05, 4.69) is 25.3 Å². The molecule has 0 fully saturated rings. The molecule has 0 bridgehead atoms. The first-order chi connectivity index (χ1) is 12.6. The zero-order valence-electron chi connectivity index (χ0n) is 14.3. The van der Waals surface area contributed by atoms with Crippen LogP contribution in [0.15, 0.2) is 59.8 Å². The number of hydrogen-bond acceptors (Lipinski definition) is 5. The van der Waals surface area contributed by atoms with Gasteiger partial charge in [-0.15, -0.1) is 0 Å². The molecule has 0 aliphatic carbocycles. The van der Waals surface area contributed by atoms with Gasteiger partial charge in [-0.05, 0) is 43.2 Å². The van der Waals surface area contributed by atoms with Crippen LogP contribution in [-0.4, -0.2) is 25.8 Å². The number of pyridine rings is 2. The van der Waals surface area contributed by atoms with Crippen molar-refractivity contribution in [1.82, 2.24) is 25.3 Å². The molecular formula is C19H19N5O2. The highest BCUT2D eigenvalue weighted by Gasteiger charge is 2.14. The standard InChI is InChI=1S/C19H19N5O2/c1-13(22-17(25)6-5-14-7-10-20-11-8-14)16-12-18(26)24-19(23-16)15-4-2-3-9-21-15/h2-4,7-13H,5-6H2,1H3,(H,22,25)(H,23,24,26)/t13-/m1/s1. The highest BCUT2D eigenvalue weighted by molar-refractivity contribution is 5.76. The number of rotatable bonds is 6. The van der Waals surface area contributed by atoms with E-state index in [-0.39, 0.29) is 17.5 Å². The Hall–Kier alpha value is -3.35. The van der Waals surface area contributed by atoms with Crippen LogP contribution >= 0.6 is 0 Å². The van der Waals surface area contributed by atoms with E-state index in [4.69, 9.17) is 0 Å². The van der Waals surface area contributed by atoms with Crippen LogP contribution in [0.5, 0.6) is 0 Å². The second kappa shape index (κ2) is 8.15. The van der Waals surface area contributed by atoms with Gasteiger partial charge in [-0.25, -0.2) is 4.98 Å². The van der Waals surface area contributed by atoms with Crippen LogP contribution in [0.25, 0.3) is 11.5 Å². The second-order valence-electron chi connectivity index (χ2n) is 5.88. The van der Waals surface area contributed by atoms with Crippen molar-refractivity contribution in [3.05, 3.63) is 76.6 Å². The van der Waals surface area contributed by atoms with E-state index >= 15 is 0 Å². The van der Waals surface area contributed by atoms with E-state index < -0.39 is 0 Å². The summed E-state index contributed by atoms with van der Waals surface area (Å²) in [6.07, 6.45) is 6.02. The Morgan fingerprint density at radius 3 is 2.73 bits per heavy atom. The van der Waals surface area contributed by atoms with Crippen molar-refractivity contribution in [1.29, 1.82) is 0 Å². The zero-order chi connectivity index (χ0) is 18.4. The SMILES string of the molecule is C[C@@H](NC(=O)CCc1ccncc1)c1cc(=O)[nH]c(-c2ccccn2)n1. The van der Waals surface area contributed by atoms with Gasteiger partial charge >= 0.3 is 0 Å². The third-order valence-corrected chi connectivity index (χ3v) is 3.88. The molecule has 0 saturated heterocycles. The summed E-state index contributed by atoms with van der Waals surface area (Å²) in [5, 5.41) is 2.88. The topological polar surface area (TPSA) is 101 Å². The number of nitrogens with zero attached hydrogens (tertiary/aromatic N) is 3. The molecule has 0 aliphatic heterocycles. The lowest BCUT2D eigenvalue weighted by Crippen LogP contribution is -2.28. The first-order valence-electron chi connectivity index (χ1n) is 8.33. The summed E-state index contributed by atoms with van der Waals surface area (Å²) in [7, 11) is 0. The fraction of sp³-hybridized carbons (Fsp3) is 0.211. The molecule has 3 aromatic rings. The van der Waals surface area contributed by atoms with Crippen LogP contribution in [0.4, 0.5) is 0 Å². The fourth-order valence-electron chi connectivity index (χ4n) is 2.52. The molecule has 3 heterocycles. The largest absolute Gasteiger partial charge is 0.348 e. The van der Waals surface area contributed by atoms with Gasteiger partial charge in [0.15, 0.2) is 5.82 Å². The van der Waals surface area contributed by atoms with Crippen molar-refractivity contribution in [2.45, 2.75) is 25.8 Å². The van der Waals surface area contributed by atoms with Crippen LogP contribution in [0, 0.1) is 0 Å². The number of H-pyrrole nitrogens is 1. The Balaban J connectivity index is 1.67. The summed E-state index contributed by atoms with van der Waals surface area (Å²) in [6, 6.07) is 10.1. The Labute approximate surface area is 150 Å². The maximum Gasteiger partial charge on any atom is 0.251 e. The molecule has 0 saturated carbocycles. The van der Waals surface area contributed by atoms with Gasteiger partial charge in [0, 0.05) is 31.1 Å². The number of nitrogens with one attached hydrogen (secondary N) is 2. The molecule has 0 aromatic carbocycles. The lowest BCUT2D eigenvalue weighted by molar-refractivity contribution is -0.121. The maximum absolute atomic E-state index is 12.2. The average Bonchev–Trinajstić information content (AvgIpc) is 2.67. The zero-order valence-corrected chi connectivity index (χ0v) is 14.3. The van der Waals surface area contributed by atoms with Crippen molar-refractivity contribution in [2.24, 2.45) is 0 Å². The molecule has 0 spiro atoms. The summed E-state index contributed by atoms with van der Waals surface area (Å²) >= 11 is 0. The summed E-state index contributed by atoms with van der Waals surface area (Å²) in [5.74, 6) is 0.279. The van der Waals surface area contributed by atoms with E-state index in [0.29, 0.717) is 30.1 Å². The third kappa shape index (κ3) is 4.60. The monoisotopic (exact) mass is 349 g/mol. The van der Waals surface area contributed by atoms with Gasteiger partial charge in [-0.3, -0.25) is 19.6 Å². The first kappa shape index (κ1) is 17.5. The molecule has 1 amide bonds. The van der Waals surface area contributed by atoms with Crippen LogP contribution in [-0.2, 0) is 11.2 Å². The molecule has 132 valence electrons. The smallest absolute Gasteiger partial charge is 0.251 e. The van der Waals surface area contributed by atoms with Gasteiger partial charge in [0.2, 0.25) is 5.91 Å². The highest BCUT2D eigenvalue weighted by atomic mass is 16.1. The van der Waals surface area contributed by atoms with Crippen LogP contribution in [0.3, 0.4) is 0 Å². The maximum atomic E-state index is 12.2. The lowest BCUT2D eigenvalue weighted by Gasteiger charge is -2.14. The molecule has 0 radical (unpaired) electrons. The van der Waals surface area contributed by atoms with Gasteiger partial charge in [0.1, 0.15) is 5.69 Å². The predicted octanol–water partition coefficient (Wildman–Crippen LogP) is 2.04. The first-order valence-corrected chi connectivity index (χ1v) is 8.33. The predicted molar refractivity (Wildman–Crippen MR) is 97.2 cm³/mol. The normalized spacial score (nSPS) is 11.7. The van der Waals surface area contributed by atoms with Gasteiger partial charge in [-0.2, -0.15) is 0 Å². The number of carbonyl (C=O) groups excluding carboxylic acids is 1. The van der Waals surface area contributed by atoms with Crippen molar-refractivity contribution in [3.8, 4) is 11.5 Å². The second-order valence-corrected chi connectivity index (χ2v) is 5.88. The Morgan fingerprint density at radius 2 is 2.00 bits per heavy atom. The molecule has 7 nitrogen and oxygen atoms in total. The summed E-state index contributed by atoms with van der Waals surface area (Å²) in [5.41, 5.74) is 1.83.